The molecule has 0 radical (unpaired) electrons. The number of carbonyl (C=O) groups excluding carboxylic acids is 1. The lowest BCUT2D eigenvalue weighted by atomic mass is 10.2. The molecule has 0 bridgehead atoms. The Morgan fingerprint density at radius 1 is 1.44 bits per heavy atom. The Bertz CT molecular complexity index is 785. The summed E-state index contributed by atoms with van der Waals surface area (Å²) in [7, 11) is 0. The van der Waals surface area contributed by atoms with Gasteiger partial charge in [-0.2, -0.15) is 0 Å². The summed E-state index contributed by atoms with van der Waals surface area (Å²) >= 11 is 3.00. The first-order valence-corrected chi connectivity index (χ1v) is 10.3. The molecule has 0 aliphatic heterocycles. The van der Waals surface area contributed by atoms with E-state index in [0.717, 1.165) is 21.7 Å². The SMILES string of the molecule is CCOCCCNC(=O)C(C)SCc1nc2sc(C)c(C)c2c(=O)[nH]1. The number of aromatic nitrogens is 2. The van der Waals surface area contributed by atoms with E-state index in [0.29, 0.717) is 36.7 Å². The number of aromatic amines is 1. The van der Waals surface area contributed by atoms with Crippen molar-refractivity contribution >= 4 is 39.2 Å². The number of aryl methyl sites for hydroxylation is 2. The fourth-order valence-electron chi connectivity index (χ4n) is 2.32. The van der Waals surface area contributed by atoms with Gasteiger partial charge in [-0.1, -0.05) is 0 Å². The lowest BCUT2D eigenvalue weighted by molar-refractivity contribution is -0.120. The van der Waals surface area contributed by atoms with Gasteiger partial charge < -0.3 is 15.0 Å². The summed E-state index contributed by atoms with van der Waals surface area (Å²) in [6.45, 7) is 9.70. The summed E-state index contributed by atoms with van der Waals surface area (Å²) in [5.74, 6) is 1.10. The number of H-pyrrole nitrogens is 1. The first kappa shape index (κ1) is 19.9. The van der Waals surface area contributed by atoms with Crippen molar-refractivity contribution in [2.45, 2.75) is 45.1 Å². The van der Waals surface area contributed by atoms with Crippen LogP contribution in [0.25, 0.3) is 10.2 Å². The van der Waals surface area contributed by atoms with Crippen molar-refractivity contribution in [3.8, 4) is 0 Å². The highest BCUT2D eigenvalue weighted by atomic mass is 32.2. The van der Waals surface area contributed by atoms with Crippen molar-refractivity contribution in [1.29, 1.82) is 0 Å². The summed E-state index contributed by atoms with van der Waals surface area (Å²) in [5, 5.41) is 3.37. The smallest absolute Gasteiger partial charge is 0.259 e. The van der Waals surface area contributed by atoms with E-state index in [4.69, 9.17) is 4.74 Å². The normalized spacial score (nSPS) is 12.5. The van der Waals surface area contributed by atoms with Crippen molar-refractivity contribution in [3.05, 3.63) is 26.6 Å². The molecule has 0 saturated carbocycles. The van der Waals surface area contributed by atoms with Gasteiger partial charge in [-0.05, 0) is 39.7 Å². The summed E-state index contributed by atoms with van der Waals surface area (Å²) in [6.07, 6.45) is 0.805. The van der Waals surface area contributed by atoms with Crippen LogP contribution >= 0.6 is 23.1 Å². The zero-order chi connectivity index (χ0) is 18.4. The average molecular weight is 384 g/mol. The molecule has 0 fully saturated rings. The fourth-order valence-corrected chi connectivity index (χ4v) is 4.15. The molecule has 2 aromatic heterocycles. The first-order valence-electron chi connectivity index (χ1n) is 8.40. The highest BCUT2D eigenvalue weighted by molar-refractivity contribution is 7.99. The molecule has 2 N–H and O–H groups in total. The zero-order valence-electron chi connectivity index (χ0n) is 15.1. The average Bonchev–Trinajstić information content (AvgIpc) is 2.87. The maximum absolute atomic E-state index is 12.3. The number of thioether (sulfide) groups is 1. The molecular weight excluding hydrogens is 358 g/mol. The van der Waals surface area contributed by atoms with Crippen LogP contribution in [-0.2, 0) is 15.3 Å². The molecule has 1 unspecified atom stereocenters. The van der Waals surface area contributed by atoms with Gasteiger partial charge in [-0.25, -0.2) is 4.98 Å². The van der Waals surface area contributed by atoms with Gasteiger partial charge in [-0.3, -0.25) is 9.59 Å². The Morgan fingerprint density at radius 2 is 2.20 bits per heavy atom. The predicted molar refractivity (Wildman–Crippen MR) is 105 cm³/mol. The topological polar surface area (TPSA) is 84.1 Å². The Hall–Kier alpha value is -1.38. The number of nitrogens with one attached hydrogen (secondary N) is 2. The van der Waals surface area contributed by atoms with E-state index in [1.165, 1.54) is 23.1 Å². The van der Waals surface area contributed by atoms with Crippen molar-refractivity contribution in [2.24, 2.45) is 0 Å². The molecule has 1 amide bonds. The highest BCUT2D eigenvalue weighted by Crippen LogP contribution is 2.26. The Labute approximate surface area is 155 Å². The number of ether oxygens (including phenoxy) is 1. The first-order chi connectivity index (χ1) is 11.9. The van der Waals surface area contributed by atoms with E-state index in [9.17, 15) is 9.59 Å². The number of rotatable bonds is 9. The van der Waals surface area contributed by atoms with Crippen LogP contribution in [0.1, 0.15) is 36.5 Å². The third-order valence-corrected chi connectivity index (χ3v) is 6.15. The van der Waals surface area contributed by atoms with E-state index in [-0.39, 0.29) is 16.7 Å². The minimum Gasteiger partial charge on any atom is -0.382 e. The summed E-state index contributed by atoms with van der Waals surface area (Å²) in [5.41, 5.74) is 0.892. The number of hydrogen-bond acceptors (Lipinski definition) is 6. The van der Waals surface area contributed by atoms with E-state index in [1.54, 1.807) is 0 Å². The Morgan fingerprint density at radius 3 is 2.92 bits per heavy atom. The van der Waals surface area contributed by atoms with Crippen LogP contribution in [0.3, 0.4) is 0 Å². The van der Waals surface area contributed by atoms with Gasteiger partial charge in [0, 0.05) is 24.6 Å². The number of fused-ring (bicyclic) bond motifs is 1. The third kappa shape index (κ3) is 5.29. The molecule has 2 aromatic rings. The van der Waals surface area contributed by atoms with Crippen LogP contribution < -0.4 is 10.9 Å². The summed E-state index contributed by atoms with van der Waals surface area (Å²) in [4.78, 5) is 33.6. The van der Waals surface area contributed by atoms with Gasteiger partial charge in [0.25, 0.3) is 5.56 Å². The molecule has 25 heavy (non-hydrogen) atoms. The van der Waals surface area contributed by atoms with E-state index >= 15 is 0 Å². The van der Waals surface area contributed by atoms with Crippen LogP contribution in [0.15, 0.2) is 4.79 Å². The third-order valence-electron chi connectivity index (χ3n) is 3.90. The number of hydrogen-bond donors (Lipinski definition) is 2. The largest absolute Gasteiger partial charge is 0.382 e. The van der Waals surface area contributed by atoms with E-state index in [1.807, 2.05) is 27.7 Å². The van der Waals surface area contributed by atoms with Gasteiger partial charge in [0.15, 0.2) is 0 Å². The Balaban J connectivity index is 1.89. The minimum absolute atomic E-state index is 0.00673. The van der Waals surface area contributed by atoms with E-state index in [2.05, 4.69) is 15.3 Å². The lowest BCUT2D eigenvalue weighted by Gasteiger charge is -2.11. The molecule has 2 heterocycles. The number of amides is 1. The molecule has 0 aliphatic carbocycles. The second-order valence-corrected chi connectivity index (χ2v) is 8.30. The second-order valence-electron chi connectivity index (χ2n) is 5.77. The van der Waals surface area contributed by atoms with Crippen molar-refractivity contribution in [3.63, 3.8) is 0 Å². The summed E-state index contributed by atoms with van der Waals surface area (Å²) < 4.78 is 5.24. The molecule has 0 aliphatic rings. The molecule has 0 spiro atoms. The van der Waals surface area contributed by atoms with Crippen LogP contribution in [0.2, 0.25) is 0 Å². The molecular formula is C17H25N3O3S2. The van der Waals surface area contributed by atoms with Gasteiger partial charge in [0.2, 0.25) is 5.91 Å². The fraction of sp³-hybridized carbons (Fsp3) is 0.588. The second kappa shape index (κ2) is 9.35. The van der Waals surface area contributed by atoms with Crippen LogP contribution in [0, 0.1) is 13.8 Å². The van der Waals surface area contributed by atoms with Gasteiger partial charge in [0.05, 0.1) is 16.4 Å². The van der Waals surface area contributed by atoms with Gasteiger partial charge in [-0.15, -0.1) is 23.1 Å². The van der Waals surface area contributed by atoms with Gasteiger partial charge >= 0.3 is 0 Å². The van der Waals surface area contributed by atoms with Gasteiger partial charge in [0.1, 0.15) is 10.7 Å². The molecule has 138 valence electrons. The van der Waals surface area contributed by atoms with Crippen LogP contribution in [0.4, 0.5) is 0 Å². The molecule has 8 heteroatoms. The number of carbonyl (C=O) groups is 1. The van der Waals surface area contributed by atoms with Crippen LogP contribution in [0.5, 0.6) is 0 Å². The lowest BCUT2D eigenvalue weighted by Crippen LogP contribution is -2.32. The van der Waals surface area contributed by atoms with Crippen molar-refractivity contribution in [1.82, 2.24) is 15.3 Å². The molecule has 6 nitrogen and oxygen atoms in total. The predicted octanol–water partition coefficient (Wildman–Crippen LogP) is 2.77. The molecule has 0 saturated heterocycles. The minimum atomic E-state index is -0.208. The summed E-state index contributed by atoms with van der Waals surface area (Å²) in [6, 6.07) is 0. The zero-order valence-corrected chi connectivity index (χ0v) is 16.7. The Kier molecular flexibility index (Phi) is 7.46. The van der Waals surface area contributed by atoms with E-state index < -0.39 is 0 Å². The monoisotopic (exact) mass is 383 g/mol. The van der Waals surface area contributed by atoms with Crippen molar-refractivity contribution in [2.75, 3.05) is 19.8 Å². The molecule has 1 atom stereocenters. The number of thiophene rings is 1. The standard InChI is InChI=1S/C17H25N3O3S2/c1-5-23-8-6-7-18-15(21)12(4)24-9-13-19-16(22)14-10(2)11(3)25-17(14)20-13/h12H,5-9H2,1-4H3,(H,18,21)(H,19,20,22). The quantitative estimate of drug-likeness (QED) is 0.651. The van der Waals surface area contributed by atoms with Crippen LogP contribution in [-0.4, -0.2) is 40.9 Å². The molecule has 0 aromatic carbocycles. The highest BCUT2D eigenvalue weighted by Gasteiger charge is 2.15. The maximum atomic E-state index is 12.3. The van der Waals surface area contributed by atoms with Crippen molar-refractivity contribution < 1.29 is 9.53 Å². The molecule has 2 rings (SSSR count). The number of nitrogens with zero attached hydrogens (tertiary/aromatic N) is 1. The maximum Gasteiger partial charge on any atom is 0.259 e.